The lowest BCUT2D eigenvalue weighted by molar-refractivity contribution is 0.335. The molecule has 2 aromatic rings. The molecule has 0 aliphatic heterocycles. The van der Waals surface area contributed by atoms with Crippen LogP contribution >= 0.6 is 0 Å². The van der Waals surface area contributed by atoms with E-state index in [0.717, 1.165) is 35.7 Å². The number of nitrogens with zero attached hydrogens (tertiary/aromatic N) is 2. The third-order valence-electron chi connectivity index (χ3n) is 3.37. The van der Waals surface area contributed by atoms with Crippen LogP contribution in [-0.2, 0) is 13.0 Å². The molecule has 0 aliphatic carbocycles. The molecule has 1 aromatic heterocycles. The number of ether oxygens (including phenoxy) is 1. The van der Waals surface area contributed by atoms with Crippen LogP contribution in [0.15, 0.2) is 30.6 Å². The van der Waals surface area contributed by atoms with E-state index in [2.05, 4.69) is 22.5 Å². The molecule has 20 heavy (non-hydrogen) atoms. The van der Waals surface area contributed by atoms with E-state index in [0.29, 0.717) is 6.61 Å². The first kappa shape index (κ1) is 14.6. The minimum Gasteiger partial charge on any atom is -0.494 e. The molecule has 0 fully saturated rings. The molecule has 4 nitrogen and oxygen atoms in total. The van der Waals surface area contributed by atoms with Crippen LogP contribution in [0.4, 0.5) is 0 Å². The lowest BCUT2D eigenvalue weighted by atomic mass is 10.0. The van der Waals surface area contributed by atoms with Gasteiger partial charge in [-0.05, 0) is 31.5 Å². The van der Waals surface area contributed by atoms with Crippen LogP contribution in [0.1, 0.15) is 43.8 Å². The first-order chi connectivity index (χ1) is 9.65. The fourth-order valence-corrected chi connectivity index (χ4v) is 2.28. The molecule has 0 saturated carbocycles. The molecule has 0 saturated heterocycles. The van der Waals surface area contributed by atoms with Gasteiger partial charge in [-0.1, -0.05) is 13.0 Å². The van der Waals surface area contributed by atoms with Crippen molar-refractivity contribution in [1.29, 1.82) is 0 Å². The number of aromatic nitrogens is 2. The molecule has 4 heteroatoms. The van der Waals surface area contributed by atoms with Gasteiger partial charge in [0.25, 0.3) is 0 Å². The number of imidazole rings is 1. The van der Waals surface area contributed by atoms with Gasteiger partial charge in [0.1, 0.15) is 11.6 Å². The number of nitrogens with two attached hydrogens (primary N) is 1. The van der Waals surface area contributed by atoms with Gasteiger partial charge in [-0.25, -0.2) is 4.98 Å². The summed E-state index contributed by atoms with van der Waals surface area (Å²) in [5.41, 5.74) is 8.25. The zero-order chi connectivity index (χ0) is 14.5. The monoisotopic (exact) mass is 273 g/mol. The van der Waals surface area contributed by atoms with Crippen molar-refractivity contribution in [2.75, 3.05) is 6.61 Å². The number of benzene rings is 1. The minimum absolute atomic E-state index is 0.0258. The van der Waals surface area contributed by atoms with Crippen LogP contribution in [0.2, 0.25) is 0 Å². The Kier molecular flexibility index (Phi) is 4.79. The number of rotatable bonds is 6. The molecule has 0 amide bonds. The molecule has 0 bridgehead atoms. The van der Waals surface area contributed by atoms with E-state index >= 15 is 0 Å². The van der Waals surface area contributed by atoms with Crippen molar-refractivity contribution < 1.29 is 4.74 Å². The van der Waals surface area contributed by atoms with Gasteiger partial charge in [0.2, 0.25) is 0 Å². The van der Waals surface area contributed by atoms with Crippen LogP contribution in [-0.4, -0.2) is 16.2 Å². The highest BCUT2D eigenvalue weighted by Gasteiger charge is 2.10. The van der Waals surface area contributed by atoms with E-state index in [1.54, 1.807) is 0 Å². The summed E-state index contributed by atoms with van der Waals surface area (Å²) in [5, 5.41) is 0. The van der Waals surface area contributed by atoms with Gasteiger partial charge in [0.15, 0.2) is 0 Å². The summed E-state index contributed by atoms with van der Waals surface area (Å²) in [6.45, 7) is 7.53. The summed E-state index contributed by atoms with van der Waals surface area (Å²) in [6, 6.07) is 6.21. The Balaban J connectivity index is 2.34. The Bertz CT molecular complexity index is 561. The lowest BCUT2D eigenvalue weighted by Gasteiger charge is -2.15. The second-order valence-electron chi connectivity index (χ2n) is 4.91. The van der Waals surface area contributed by atoms with Crippen molar-refractivity contribution in [1.82, 2.24) is 9.55 Å². The Morgan fingerprint density at radius 2 is 2.15 bits per heavy atom. The molecule has 1 heterocycles. The highest BCUT2D eigenvalue weighted by Crippen LogP contribution is 2.24. The summed E-state index contributed by atoms with van der Waals surface area (Å²) in [5.74, 6) is 2.01. The van der Waals surface area contributed by atoms with Gasteiger partial charge in [-0.2, -0.15) is 0 Å². The highest BCUT2D eigenvalue weighted by atomic mass is 16.5. The van der Waals surface area contributed by atoms with E-state index in [-0.39, 0.29) is 6.04 Å². The molecule has 0 radical (unpaired) electrons. The SMILES string of the molecule is CCOc1ccc(C(C)N)cc1Cn1ccnc1CC. The number of hydrogen-bond donors (Lipinski definition) is 1. The van der Waals surface area contributed by atoms with Gasteiger partial charge in [0, 0.05) is 30.4 Å². The van der Waals surface area contributed by atoms with E-state index in [9.17, 15) is 0 Å². The first-order valence-electron chi connectivity index (χ1n) is 7.16. The van der Waals surface area contributed by atoms with Gasteiger partial charge < -0.3 is 15.0 Å². The topological polar surface area (TPSA) is 53.1 Å². The van der Waals surface area contributed by atoms with E-state index < -0.39 is 0 Å². The third-order valence-corrected chi connectivity index (χ3v) is 3.37. The maximum atomic E-state index is 5.98. The van der Waals surface area contributed by atoms with Gasteiger partial charge in [-0.15, -0.1) is 0 Å². The molecular weight excluding hydrogens is 250 g/mol. The molecule has 2 rings (SSSR count). The molecule has 1 unspecified atom stereocenters. The first-order valence-corrected chi connectivity index (χ1v) is 7.16. The predicted molar refractivity (Wildman–Crippen MR) is 80.9 cm³/mol. The Morgan fingerprint density at radius 3 is 2.80 bits per heavy atom. The quantitative estimate of drug-likeness (QED) is 0.880. The molecule has 0 spiro atoms. The Hall–Kier alpha value is -1.81. The second kappa shape index (κ2) is 6.57. The summed E-state index contributed by atoms with van der Waals surface area (Å²) in [7, 11) is 0. The second-order valence-corrected chi connectivity index (χ2v) is 4.91. The molecular formula is C16H23N3O. The van der Waals surface area contributed by atoms with E-state index in [1.165, 1.54) is 0 Å². The van der Waals surface area contributed by atoms with Crippen molar-refractivity contribution >= 4 is 0 Å². The summed E-state index contributed by atoms with van der Waals surface area (Å²) < 4.78 is 7.88. The maximum absolute atomic E-state index is 5.98. The van der Waals surface area contributed by atoms with Crippen LogP contribution in [0.3, 0.4) is 0 Å². The van der Waals surface area contributed by atoms with Gasteiger partial charge in [0.05, 0.1) is 13.2 Å². The van der Waals surface area contributed by atoms with Crippen LogP contribution in [0, 0.1) is 0 Å². The Labute approximate surface area is 120 Å². The zero-order valence-electron chi connectivity index (χ0n) is 12.5. The molecule has 108 valence electrons. The average molecular weight is 273 g/mol. The highest BCUT2D eigenvalue weighted by molar-refractivity contribution is 5.38. The predicted octanol–water partition coefficient (Wildman–Crippen LogP) is 2.91. The van der Waals surface area contributed by atoms with Crippen molar-refractivity contribution in [2.45, 2.75) is 39.8 Å². The summed E-state index contributed by atoms with van der Waals surface area (Å²) in [6.07, 6.45) is 4.77. The molecule has 0 aliphatic rings. The molecule has 1 atom stereocenters. The maximum Gasteiger partial charge on any atom is 0.124 e. The third kappa shape index (κ3) is 3.20. The van der Waals surface area contributed by atoms with Gasteiger partial charge >= 0.3 is 0 Å². The van der Waals surface area contributed by atoms with Crippen molar-refractivity contribution in [3.63, 3.8) is 0 Å². The van der Waals surface area contributed by atoms with E-state index in [1.807, 2.05) is 38.4 Å². The minimum atomic E-state index is 0.0258. The smallest absolute Gasteiger partial charge is 0.124 e. The summed E-state index contributed by atoms with van der Waals surface area (Å²) in [4.78, 5) is 4.36. The number of hydrogen-bond acceptors (Lipinski definition) is 3. The Morgan fingerprint density at radius 1 is 1.35 bits per heavy atom. The van der Waals surface area contributed by atoms with Crippen molar-refractivity contribution in [3.8, 4) is 5.75 Å². The lowest BCUT2D eigenvalue weighted by Crippen LogP contribution is -2.09. The van der Waals surface area contributed by atoms with Crippen molar-refractivity contribution in [2.24, 2.45) is 5.73 Å². The van der Waals surface area contributed by atoms with Crippen LogP contribution in [0.5, 0.6) is 5.75 Å². The van der Waals surface area contributed by atoms with E-state index in [4.69, 9.17) is 10.5 Å². The normalized spacial score (nSPS) is 12.4. The zero-order valence-corrected chi connectivity index (χ0v) is 12.5. The molecule has 2 N–H and O–H groups in total. The van der Waals surface area contributed by atoms with Crippen LogP contribution < -0.4 is 10.5 Å². The standard InChI is InChI=1S/C16H23N3O/c1-4-16-18-8-9-19(16)11-14-10-13(12(3)17)6-7-15(14)20-5-2/h6-10,12H,4-5,11,17H2,1-3H3. The average Bonchev–Trinajstić information content (AvgIpc) is 2.88. The molecule has 1 aromatic carbocycles. The summed E-state index contributed by atoms with van der Waals surface area (Å²) >= 11 is 0. The largest absolute Gasteiger partial charge is 0.494 e. The van der Waals surface area contributed by atoms with Crippen LogP contribution in [0.25, 0.3) is 0 Å². The number of aryl methyl sites for hydroxylation is 1. The van der Waals surface area contributed by atoms with Gasteiger partial charge in [-0.3, -0.25) is 0 Å². The fraction of sp³-hybridized carbons (Fsp3) is 0.438. The van der Waals surface area contributed by atoms with Crippen molar-refractivity contribution in [3.05, 3.63) is 47.5 Å². The fourth-order valence-electron chi connectivity index (χ4n) is 2.28.